The average molecular weight is 288 g/mol. The summed E-state index contributed by atoms with van der Waals surface area (Å²) < 4.78 is 11.6. The third-order valence-electron chi connectivity index (χ3n) is 2.14. The highest BCUT2D eigenvalue weighted by Crippen LogP contribution is 2.22. The predicted octanol–water partition coefficient (Wildman–Crippen LogP) is 2.58. The zero-order valence-electron chi connectivity index (χ0n) is 9.75. The lowest BCUT2D eigenvalue weighted by molar-refractivity contribution is 0.146. The highest BCUT2D eigenvalue weighted by Gasteiger charge is 2.02. The summed E-state index contributed by atoms with van der Waals surface area (Å²) in [5.41, 5.74) is 1.21. The van der Waals surface area contributed by atoms with Crippen molar-refractivity contribution in [1.29, 1.82) is 0 Å². The van der Waals surface area contributed by atoms with E-state index in [9.17, 15) is 0 Å². The highest BCUT2D eigenvalue weighted by atomic mass is 79.9. The van der Waals surface area contributed by atoms with E-state index in [0.717, 1.165) is 23.3 Å². The van der Waals surface area contributed by atoms with Gasteiger partial charge in [-0.05, 0) is 30.3 Å². The fourth-order valence-electron chi connectivity index (χ4n) is 1.28. The van der Waals surface area contributed by atoms with E-state index in [0.29, 0.717) is 13.2 Å². The van der Waals surface area contributed by atoms with E-state index in [1.54, 1.807) is 7.11 Å². The molecule has 0 spiro atoms. The van der Waals surface area contributed by atoms with E-state index >= 15 is 0 Å². The van der Waals surface area contributed by atoms with E-state index < -0.39 is 0 Å². The number of halogens is 1. The molecule has 0 saturated heterocycles. The summed E-state index contributed by atoms with van der Waals surface area (Å²) in [6, 6.07) is 6.01. The van der Waals surface area contributed by atoms with Gasteiger partial charge in [0.2, 0.25) is 0 Å². The normalized spacial score (nSPS) is 10.4. The van der Waals surface area contributed by atoms with Crippen molar-refractivity contribution >= 4 is 15.9 Å². The van der Waals surface area contributed by atoms with E-state index in [2.05, 4.69) is 28.2 Å². The molecular formula is C12H18BrNO2. The summed E-state index contributed by atoms with van der Waals surface area (Å²) in [6.45, 7) is 5.09. The van der Waals surface area contributed by atoms with Gasteiger partial charge in [-0.15, -0.1) is 0 Å². The first-order valence-electron chi connectivity index (χ1n) is 5.38. The first kappa shape index (κ1) is 13.5. The van der Waals surface area contributed by atoms with Crippen molar-refractivity contribution in [2.75, 3.05) is 26.9 Å². The molecule has 0 aliphatic heterocycles. The molecule has 90 valence electrons. The molecule has 4 heteroatoms. The van der Waals surface area contributed by atoms with Gasteiger partial charge in [0.1, 0.15) is 12.4 Å². The van der Waals surface area contributed by atoms with Crippen LogP contribution in [0.5, 0.6) is 5.75 Å². The van der Waals surface area contributed by atoms with Crippen LogP contribution in [0.4, 0.5) is 0 Å². The SMILES string of the molecule is CCNCc1cc(OCCOC)ccc1Br. The van der Waals surface area contributed by atoms with E-state index in [4.69, 9.17) is 9.47 Å². The summed E-state index contributed by atoms with van der Waals surface area (Å²) in [7, 11) is 1.67. The topological polar surface area (TPSA) is 30.5 Å². The van der Waals surface area contributed by atoms with Gasteiger partial charge in [0.05, 0.1) is 6.61 Å². The van der Waals surface area contributed by atoms with Crippen LogP contribution in [0, 0.1) is 0 Å². The van der Waals surface area contributed by atoms with Crippen LogP contribution in [0.25, 0.3) is 0 Å². The Labute approximate surface area is 105 Å². The molecule has 1 N–H and O–H groups in total. The minimum atomic E-state index is 0.582. The molecule has 0 heterocycles. The van der Waals surface area contributed by atoms with Gasteiger partial charge in [0.15, 0.2) is 0 Å². The van der Waals surface area contributed by atoms with Gasteiger partial charge in [-0.1, -0.05) is 22.9 Å². The predicted molar refractivity (Wildman–Crippen MR) is 68.9 cm³/mol. The maximum absolute atomic E-state index is 5.55. The maximum Gasteiger partial charge on any atom is 0.119 e. The van der Waals surface area contributed by atoms with E-state index in [-0.39, 0.29) is 0 Å². The van der Waals surface area contributed by atoms with E-state index in [1.165, 1.54) is 5.56 Å². The molecule has 0 aliphatic rings. The number of ether oxygens (including phenoxy) is 2. The van der Waals surface area contributed by atoms with Crippen LogP contribution in [0.2, 0.25) is 0 Å². The van der Waals surface area contributed by atoms with Crippen molar-refractivity contribution in [3.63, 3.8) is 0 Å². The third kappa shape index (κ3) is 4.51. The summed E-state index contributed by atoms with van der Waals surface area (Å²) in [4.78, 5) is 0. The number of hydrogen-bond donors (Lipinski definition) is 1. The van der Waals surface area contributed by atoms with Crippen LogP contribution in [-0.4, -0.2) is 26.9 Å². The summed E-state index contributed by atoms with van der Waals surface area (Å²) in [5.74, 6) is 0.883. The Bertz CT molecular complexity index is 318. The first-order chi connectivity index (χ1) is 7.77. The fraction of sp³-hybridized carbons (Fsp3) is 0.500. The van der Waals surface area contributed by atoms with Gasteiger partial charge >= 0.3 is 0 Å². The lowest BCUT2D eigenvalue weighted by Gasteiger charge is -2.09. The summed E-state index contributed by atoms with van der Waals surface area (Å²) >= 11 is 3.52. The second-order valence-electron chi connectivity index (χ2n) is 3.37. The summed E-state index contributed by atoms with van der Waals surface area (Å²) in [6.07, 6.45) is 0. The number of benzene rings is 1. The number of methoxy groups -OCH3 is 1. The molecule has 0 amide bonds. The second-order valence-corrected chi connectivity index (χ2v) is 4.23. The third-order valence-corrected chi connectivity index (χ3v) is 2.91. The molecule has 0 bridgehead atoms. The molecule has 1 aromatic rings. The van der Waals surface area contributed by atoms with Crippen LogP contribution in [0.15, 0.2) is 22.7 Å². The Kier molecular flexibility index (Phi) is 6.45. The van der Waals surface area contributed by atoms with Crippen LogP contribution in [0.1, 0.15) is 12.5 Å². The van der Waals surface area contributed by atoms with Crippen molar-refractivity contribution in [2.45, 2.75) is 13.5 Å². The molecule has 0 fully saturated rings. The molecule has 0 aromatic heterocycles. The largest absolute Gasteiger partial charge is 0.491 e. The van der Waals surface area contributed by atoms with E-state index in [1.807, 2.05) is 18.2 Å². The molecule has 16 heavy (non-hydrogen) atoms. The highest BCUT2D eigenvalue weighted by molar-refractivity contribution is 9.10. The minimum absolute atomic E-state index is 0.582. The van der Waals surface area contributed by atoms with Crippen molar-refractivity contribution < 1.29 is 9.47 Å². The molecule has 1 aromatic carbocycles. The second kappa shape index (κ2) is 7.65. The Morgan fingerprint density at radius 1 is 1.31 bits per heavy atom. The fourth-order valence-corrected chi connectivity index (χ4v) is 1.67. The maximum atomic E-state index is 5.55. The summed E-state index contributed by atoms with van der Waals surface area (Å²) in [5, 5.41) is 3.29. The molecule has 0 atom stereocenters. The minimum Gasteiger partial charge on any atom is -0.491 e. The van der Waals surface area contributed by atoms with Gasteiger partial charge in [-0.25, -0.2) is 0 Å². The molecule has 3 nitrogen and oxygen atoms in total. The number of hydrogen-bond acceptors (Lipinski definition) is 3. The van der Waals surface area contributed by atoms with Crippen LogP contribution < -0.4 is 10.1 Å². The van der Waals surface area contributed by atoms with Crippen molar-refractivity contribution in [1.82, 2.24) is 5.32 Å². The molecule has 1 rings (SSSR count). The molecule has 0 radical (unpaired) electrons. The van der Waals surface area contributed by atoms with Gasteiger partial charge in [0.25, 0.3) is 0 Å². The monoisotopic (exact) mass is 287 g/mol. The Hall–Kier alpha value is -0.580. The average Bonchev–Trinajstić information content (AvgIpc) is 2.30. The molecule has 0 saturated carbocycles. The Balaban J connectivity index is 2.58. The number of nitrogens with one attached hydrogen (secondary N) is 1. The van der Waals surface area contributed by atoms with Crippen LogP contribution >= 0.6 is 15.9 Å². The zero-order valence-corrected chi connectivity index (χ0v) is 11.3. The molecular weight excluding hydrogens is 270 g/mol. The quantitative estimate of drug-likeness (QED) is 0.782. The lowest BCUT2D eigenvalue weighted by Crippen LogP contribution is -2.12. The van der Waals surface area contributed by atoms with Crippen molar-refractivity contribution in [3.8, 4) is 5.75 Å². The van der Waals surface area contributed by atoms with Crippen LogP contribution in [-0.2, 0) is 11.3 Å². The number of rotatable bonds is 7. The standard InChI is InChI=1S/C12H18BrNO2/c1-3-14-9-10-8-11(4-5-12(10)13)16-7-6-15-2/h4-5,8,14H,3,6-7,9H2,1-2H3. The van der Waals surface area contributed by atoms with Crippen molar-refractivity contribution in [2.24, 2.45) is 0 Å². The van der Waals surface area contributed by atoms with Gasteiger partial charge in [-0.3, -0.25) is 0 Å². The molecule has 0 aliphatic carbocycles. The van der Waals surface area contributed by atoms with Gasteiger partial charge in [-0.2, -0.15) is 0 Å². The first-order valence-corrected chi connectivity index (χ1v) is 6.18. The van der Waals surface area contributed by atoms with Gasteiger partial charge < -0.3 is 14.8 Å². The Morgan fingerprint density at radius 2 is 2.12 bits per heavy atom. The molecule has 0 unspecified atom stereocenters. The van der Waals surface area contributed by atoms with Gasteiger partial charge in [0, 0.05) is 18.1 Å². The lowest BCUT2D eigenvalue weighted by atomic mass is 10.2. The zero-order chi connectivity index (χ0) is 11.8. The smallest absolute Gasteiger partial charge is 0.119 e. The van der Waals surface area contributed by atoms with Crippen molar-refractivity contribution in [3.05, 3.63) is 28.2 Å². The Morgan fingerprint density at radius 3 is 2.81 bits per heavy atom. The van der Waals surface area contributed by atoms with Crippen LogP contribution in [0.3, 0.4) is 0 Å².